The maximum Gasteiger partial charge on any atom is 0.243 e. The lowest BCUT2D eigenvalue weighted by molar-refractivity contribution is 0.343. The van der Waals surface area contributed by atoms with Crippen LogP contribution >= 0.6 is 0 Å². The summed E-state index contributed by atoms with van der Waals surface area (Å²) in [6.07, 6.45) is 5.26. The van der Waals surface area contributed by atoms with E-state index in [1.165, 1.54) is 28.8 Å². The van der Waals surface area contributed by atoms with Gasteiger partial charge < -0.3 is 4.42 Å². The quantitative estimate of drug-likeness (QED) is 0.823. The number of furan rings is 1. The van der Waals surface area contributed by atoms with Crippen LogP contribution in [-0.2, 0) is 23.0 Å². The molecule has 0 fully saturated rings. The lowest BCUT2D eigenvalue weighted by Crippen LogP contribution is -2.35. The molecule has 0 spiro atoms. The van der Waals surface area contributed by atoms with E-state index in [-0.39, 0.29) is 4.90 Å². The number of fused-ring (bicyclic) bond motifs is 1. The zero-order chi connectivity index (χ0) is 12.6. The molecule has 3 rings (SSSR count). The summed E-state index contributed by atoms with van der Waals surface area (Å²) in [5.74, 6) is 0.735. The van der Waals surface area contributed by atoms with E-state index in [4.69, 9.17) is 4.42 Å². The average Bonchev–Trinajstić information content (AvgIpc) is 2.87. The van der Waals surface area contributed by atoms with Gasteiger partial charge in [0, 0.05) is 18.9 Å². The summed E-state index contributed by atoms with van der Waals surface area (Å²) >= 11 is 0. The van der Waals surface area contributed by atoms with Crippen molar-refractivity contribution in [2.45, 2.75) is 17.9 Å². The van der Waals surface area contributed by atoms with Crippen LogP contribution in [0.4, 0.5) is 0 Å². The van der Waals surface area contributed by atoms with Crippen LogP contribution in [0.3, 0.4) is 0 Å². The first-order valence-electron chi connectivity index (χ1n) is 5.63. The number of rotatable bonds is 2. The highest BCUT2D eigenvalue weighted by Gasteiger charge is 2.29. The molecular formula is C12H12N2O3S. The summed E-state index contributed by atoms with van der Waals surface area (Å²) in [4.78, 5) is 4.10. The van der Waals surface area contributed by atoms with E-state index in [1.807, 2.05) is 6.07 Å². The van der Waals surface area contributed by atoms with Gasteiger partial charge in [-0.15, -0.1) is 0 Å². The van der Waals surface area contributed by atoms with Crippen molar-refractivity contribution in [3.63, 3.8) is 0 Å². The Kier molecular flexibility index (Phi) is 2.68. The number of nitrogens with zero attached hydrogens (tertiary/aromatic N) is 2. The Morgan fingerprint density at radius 3 is 2.78 bits per heavy atom. The van der Waals surface area contributed by atoms with E-state index in [9.17, 15) is 8.42 Å². The molecular weight excluding hydrogens is 252 g/mol. The van der Waals surface area contributed by atoms with E-state index in [1.54, 1.807) is 6.26 Å². The van der Waals surface area contributed by atoms with Gasteiger partial charge in [0.2, 0.25) is 10.0 Å². The fourth-order valence-electron chi connectivity index (χ4n) is 2.08. The van der Waals surface area contributed by atoms with Crippen molar-refractivity contribution in [3.8, 4) is 0 Å². The smallest absolute Gasteiger partial charge is 0.243 e. The van der Waals surface area contributed by atoms with Crippen molar-refractivity contribution in [1.29, 1.82) is 0 Å². The molecule has 0 saturated carbocycles. The van der Waals surface area contributed by atoms with Crippen LogP contribution < -0.4 is 0 Å². The molecule has 0 amide bonds. The fraction of sp³-hybridized carbons (Fsp3) is 0.250. The van der Waals surface area contributed by atoms with Gasteiger partial charge in [0.05, 0.1) is 17.7 Å². The van der Waals surface area contributed by atoms with Crippen molar-refractivity contribution in [2.75, 3.05) is 6.54 Å². The highest BCUT2D eigenvalue weighted by Crippen LogP contribution is 2.25. The first-order chi connectivity index (χ1) is 8.68. The molecule has 6 heteroatoms. The molecule has 0 N–H and O–H groups in total. The Morgan fingerprint density at radius 2 is 2.00 bits per heavy atom. The monoisotopic (exact) mass is 264 g/mol. The molecule has 0 aliphatic carbocycles. The van der Waals surface area contributed by atoms with Gasteiger partial charge in [-0.1, -0.05) is 0 Å². The molecule has 94 valence electrons. The van der Waals surface area contributed by atoms with Gasteiger partial charge in [0.1, 0.15) is 5.76 Å². The molecule has 0 aromatic carbocycles. The minimum Gasteiger partial charge on any atom is -0.468 e. The third-order valence-corrected chi connectivity index (χ3v) is 4.94. The lowest BCUT2D eigenvalue weighted by atomic mass is 10.1. The van der Waals surface area contributed by atoms with E-state index < -0.39 is 10.0 Å². The van der Waals surface area contributed by atoms with Crippen LogP contribution in [-0.4, -0.2) is 24.3 Å². The van der Waals surface area contributed by atoms with Gasteiger partial charge in [-0.05, 0) is 30.2 Å². The molecule has 2 aromatic heterocycles. The molecule has 0 saturated heterocycles. The van der Waals surface area contributed by atoms with Crippen molar-refractivity contribution >= 4 is 10.0 Å². The average molecular weight is 264 g/mol. The first kappa shape index (κ1) is 11.4. The molecule has 3 heterocycles. The Bertz CT molecular complexity index is 649. The number of aromatic nitrogens is 1. The van der Waals surface area contributed by atoms with Gasteiger partial charge >= 0.3 is 0 Å². The predicted molar refractivity (Wildman–Crippen MR) is 64.2 cm³/mol. The van der Waals surface area contributed by atoms with Gasteiger partial charge in [-0.25, -0.2) is 8.42 Å². The van der Waals surface area contributed by atoms with Crippen molar-refractivity contribution in [3.05, 3.63) is 48.2 Å². The standard InChI is InChI=1S/C12H12N2O3S/c15-18(16,11-1-5-13-6-2-11)14-7-3-10-4-8-17-12(10)9-14/h1-2,4-6,8H,3,7,9H2. The second-order valence-electron chi connectivity index (χ2n) is 4.14. The SMILES string of the molecule is O=S(=O)(c1ccncc1)N1CCc2ccoc2C1. The van der Waals surface area contributed by atoms with Crippen molar-refractivity contribution in [2.24, 2.45) is 0 Å². The number of sulfonamides is 1. The predicted octanol–water partition coefficient (Wildman–Crippen LogP) is 1.42. The highest BCUT2D eigenvalue weighted by molar-refractivity contribution is 7.89. The van der Waals surface area contributed by atoms with Crippen LogP contribution in [0.25, 0.3) is 0 Å². The minimum atomic E-state index is -3.45. The van der Waals surface area contributed by atoms with Crippen LogP contribution in [0.15, 0.2) is 46.2 Å². The first-order valence-corrected chi connectivity index (χ1v) is 7.07. The van der Waals surface area contributed by atoms with Gasteiger partial charge in [-0.3, -0.25) is 4.98 Å². The number of hydrogen-bond acceptors (Lipinski definition) is 4. The second-order valence-corrected chi connectivity index (χ2v) is 6.08. The third-order valence-electron chi connectivity index (χ3n) is 3.08. The van der Waals surface area contributed by atoms with E-state index in [0.29, 0.717) is 19.5 Å². The molecule has 0 bridgehead atoms. The molecule has 0 radical (unpaired) electrons. The molecule has 5 nitrogen and oxygen atoms in total. The fourth-order valence-corrected chi connectivity index (χ4v) is 3.46. The van der Waals surface area contributed by atoms with E-state index in [0.717, 1.165) is 11.3 Å². The molecule has 2 aromatic rings. The molecule has 18 heavy (non-hydrogen) atoms. The van der Waals surface area contributed by atoms with Crippen LogP contribution in [0.5, 0.6) is 0 Å². The second kappa shape index (κ2) is 4.22. The Morgan fingerprint density at radius 1 is 1.22 bits per heavy atom. The summed E-state index contributed by atoms with van der Waals surface area (Å²) in [6, 6.07) is 4.91. The van der Waals surface area contributed by atoms with Crippen LogP contribution in [0.1, 0.15) is 11.3 Å². The van der Waals surface area contributed by atoms with Gasteiger partial charge in [0.25, 0.3) is 0 Å². The molecule has 0 unspecified atom stereocenters. The number of pyridine rings is 1. The zero-order valence-corrected chi connectivity index (χ0v) is 10.4. The van der Waals surface area contributed by atoms with Crippen LogP contribution in [0, 0.1) is 0 Å². The summed E-state index contributed by atoms with van der Waals surface area (Å²) in [6.45, 7) is 0.782. The molecule has 1 aliphatic heterocycles. The highest BCUT2D eigenvalue weighted by atomic mass is 32.2. The zero-order valence-electron chi connectivity index (χ0n) is 9.61. The lowest BCUT2D eigenvalue weighted by Gasteiger charge is -2.25. The third kappa shape index (κ3) is 1.83. The van der Waals surface area contributed by atoms with Crippen molar-refractivity contribution < 1.29 is 12.8 Å². The minimum absolute atomic E-state index is 0.271. The van der Waals surface area contributed by atoms with Gasteiger partial charge in [-0.2, -0.15) is 4.31 Å². The molecule has 1 aliphatic rings. The summed E-state index contributed by atoms with van der Waals surface area (Å²) < 4.78 is 31.5. The Labute approximate surface area is 105 Å². The number of hydrogen-bond donors (Lipinski definition) is 0. The largest absolute Gasteiger partial charge is 0.468 e. The maximum atomic E-state index is 12.4. The van der Waals surface area contributed by atoms with Crippen molar-refractivity contribution in [1.82, 2.24) is 9.29 Å². The van der Waals surface area contributed by atoms with Crippen LogP contribution in [0.2, 0.25) is 0 Å². The normalized spacial score (nSPS) is 16.4. The van der Waals surface area contributed by atoms with E-state index in [2.05, 4.69) is 4.98 Å². The summed E-state index contributed by atoms with van der Waals surface area (Å²) in [5.41, 5.74) is 1.09. The molecule has 0 atom stereocenters. The Balaban J connectivity index is 1.93. The maximum absolute atomic E-state index is 12.4. The summed E-state index contributed by atoms with van der Waals surface area (Å²) in [7, 11) is -3.45. The topological polar surface area (TPSA) is 63.4 Å². The van der Waals surface area contributed by atoms with E-state index >= 15 is 0 Å². The Hall–Kier alpha value is -1.66. The summed E-state index contributed by atoms with van der Waals surface area (Å²) in [5, 5.41) is 0. The van der Waals surface area contributed by atoms with Gasteiger partial charge in [0.15, 0.2) is 0 Å².